The quantitative estimate of drug-likeness (QED) is 0.644. The number of carboxylic acid groups (broad SMARTS) is 1. The van der Waals surface area contributed by atoms with Crippen LogP contribution in [-0.2, 0) is 4.79 Å². The van der Waals surface area contributed by atoms with E-state index < -0.39 is 5.97 Å². The van der Waals surface area contributed by atoms with Crippen molar-refractivity contribution in [1.29, 1.82) is 0 Å². The number of hydrogen-bond acceptors (Lipinski definition) is 3. The molecule has 0 aromatic heterocycles. The first-order valence-electron chi connectivity index (χ1n) is 6.09. The maximum Gasteiger partial charge on any atom is 0.330 e. The van der Waals surface area contributed by atoms with Gasteiger partial charge < -0.3 is 10.4 Å². The number of carboxylic acids is 1. The summed E-state index contributed by atoms with van der Waals surface area (Å²) in [5.74, 6) is -0.935. The predicted octanol–water partition coefficient (Wildman–Crippen LogP) is 4.54. The largest absolute Gasteiger partial charge is 0.478 e. The molecule has 2 aromatic carbocycles. The second-order valence-corrected chi connectivity index (χ2v) is 5.39. The van der Waals surface area contributed by atoms with Crippen LogP contribution in [0.15, 0.2) is 70.5 Å². The van der Waals surface area contributed by atoms with Crippen LogP contribution in [0.4, 0.5) is 11.4 Å². The average molecular weight is 285 g/mol. The lowest BCUT2D eigenvalue weighted by Crippen LogP contribution is -1.98. The summed E-state index contributed by atoms with van der Waals surface area (Å²) in [7, 11) is 0. The Hall–Kier alpha value is -2.20. The summed E-state index contributed by atoms with van der Waals surface area (Å²) in [6.45, 7) is 4.60. The summed E-state index contributed by atoms with van der Waals surface area (Å²) < 4.78 is 0. The number of para-hydroxylation sites is 2. The molecule has 102 valence electrons. The number of fused-ring (bicyclic) bond motifs is 2. The fourth-order valence-corrected chi connectivity index (χ4v) is 2.57. The van der Waals surface area contributed by atoms with Crippen molar-refractivity contribution in [2.75, 3.05) is 5.32 Å². The Bertz CT molecular complexity index is 553. The highest BCUT2D eigenvalue weighted by Gasteiger charge is 2.13. The number of aliphatic carboxylic acids is 1. The van der Waals surface area contributed by atoms with E-state index in [2.05, 4.69) is 60.4 Å². The molecule has 0 amide bonds. The molecular formula is C16H15NO2S. The van der Waals surface area contributed by atoms with Crippen LogP contribution in [-0.4, -0.2) is 11.1 Å². The lowest BCUT2D eigenvalue weighted by Gasteiger charge is -2.19. The third kappa shape index (κ3) is 3.42. The van der Waals surface area contributed by atoms with E-state index in [1.165, 1.54) is 28.1 Å². The van der Waals surface area contributed by atoms with E-state index in [-0.39, 0.29) is 5.57 Å². The standard InChI is InChI=1S/C12H9NS.C4H6O2/c1-3-7-11-9(5-1)13-10-6-2-4-8-12(10)14-11;1-3(2)4(5)6/h1-8,13H;1H2,2H3,(H,5,6). The van der Waals surface area contributed by atoms with Crippen molar-refractivity contribution < 1.29 is 9.90 Å². The molecule has 0 saturated heterocycles. The molecule has 4 heteroatoms. The Balaban J connectivity index is 0.000000212. The van der Waals surface area contributed by atoms with E-state index in [9.17, 15) is 4.79 Å². The van der Waals surface area contributed by atoms with Crippen molar-refractivity contribution in [3.63, 3.8) is 0 Å². The molecule has 0 bridgehead atoms. The highest BCUT2D eigenvalue weighted by molar-refractivity contribution is 7.99. The van der Waals surface area contributed by atoms with Crippen LogP contribution < -0.4 is 5.32 Å². The molecule has 1 aliphatic rings. The SMILES string of the molecule is C=C(C)C(=O)O.c1ccc2c(c1)Nc1ccccc1S2. The minimum absolute atomic E-state index is 0.176. The third-order valence-electron chi connectivity index (χ3n) is 2.63. The summed E-state index contributed by atoms with van der Waals surface area (Å²) in [4.78, 5) is 12.2. The van der Waals surface area contributed by atoms with Crippen molar-refractivity contribution in [3.8, 4) is 0 Å². The van der Waals surface area contributed by atoms with Gasteiger partial charge in [0, 0.05) is 15.4 Å². The molecule has 0 radical (unpaired) electrons. The van der Waals surface area contributed by atoms with Crippen molar-refractivity contribution in [1.82, 2.24) is 0 Å². The van der Waals surface area contributed by atoms with Crippen molar-refractivity contribution in [3.05, 3.63) is 60.7 Å². The minimum atomic E-state index is -0.935. The second kappa shape index (κ2) is 6.30. The number of anilines is 2. The van der Waals surface area contributed by atoms with Crippen molar-refractivity contribution >= 4 is 29.1 Å². The number of nitrogens with one attached hydrogen (secondary N) is 1. The van der Waals surface area contributed by atoms with Gasteiger partial charge in [-0.05, 0) is 31.2 Å². The molecule has 0 aliphatic carbocycles. The zero-order chi connectivity index (χ0) is 14.5. The monoisotopic (exact) mass is 285 g/mol. The Morgan fingerprint density at radius 1 is 1.05 bits per heavy atom. The molecule has 0 saturated carbocycles. The Kier molecular flexibility index (Phi) is 4.48. The van der Waals surface area contributed by atoms with E-state index in [0.29, 0.717) is 0 Å². The first-order valence-corrected chi connectivity index (χ1v) is 6.91. The number of rotatable bonds is 1. The molecule has 1 heterocycles. The molecule has 0 spiro atoms. The van der Waals surface area contributed by atoms with Gasteiger partial charge >= 0.3 is 5.97 Å². The molecule has 2 N–H and O–H groups in total. The first kappa shape index (κ1) is 14.2. The second-order valence-electron chi connectivity index (χ2n) is 4.30. The zero-order valence-electron chi connectivity index (χ0n) is 11.1. The van der Waals surface area contributed by atoms with Gasteiger partial charge in [-0.2, -0.15) is 0 Å². The zero-order valence-corrected chi connectivity index (χ0v) is 11.9. The summed E-state index contributed by atoms with van der Waals surface area (Å²) >= 11 is 1.82. The Morgan fingerprint density at radius 2 is 1.45 bits per heavy atom. The van der Waals surface area contributed by atoms with E-state index >= 15 is 0 Å². The van der Waals surface area contributed by atoms with Crippen LogP contribution in [0.25, 0.3) is 0 Å². The maximum absolute atomic E-state index is 9.60. The summed E-state index contributed by atoms with van der Waals surface area (Å²) in [6, 6.07) is 16.8. The van der Waals surface area contributed by atoms with Gasteiger partial charge in [-0.1, -0.05) is 42.6 Å². The van der Waals surface area contributed by atoms with Gasteiger partial charge in [0.2, 0.25) is 0 Å². The van der Waals surface area contributed by atoms with E-state index in [1.54, 1.807) is 0 Å². The van der Waals surface area contributed by atoms with Crippen LogP contribution in [0.3, 0.4) is 0 Å². The van der Waals surface area contributed by atoms with Crippen LogP contribution in [0, 0.1) is 0 Å². The molecule has 0 fully saturated rings. The van der Waals surface area contributed by atoms with Gasteiger partial charge in [-0.15, -0.1) is 0 Å². The summed E-state index contributed by atoms with van der Waals surface area (Å²) in [6.07, 6.45) is 0. The minimum Gasteiger partial charge on any atom is -0.478 e. The molecule has 0 unspecified atom stereocenters. The molecule has 1 aliphatic heterocycles. The van der Waals surface area contributed by atoms with Gasteiger partial charge in [0.25, 0.3) is 0 Å². The lowest BCUT2D eigenvalue weighted by atomic mass is 10.2. The molecule has 3 nitrogen and oxygen atoms in total. The smallest absolute Gasteiger partial charge is 0.330 e. The maximum atomic E-state index is 9.60. The Morgan fingerprint density at radius 3 is 1.85 bits per heavy atom. The topological polar surface area (TPSA) is 49.3 Å². The molecule has 2 aromatic rings. The third-order valence-corrected chi connectivity index (χ3v) is 3.78. The predicted molar refractivity (Wildman–Crippen MR) is 82.7 cm³/mol. The number of carbonyl (C=O) groups is 1. The van der Waals surface area contributed by atoms with Gasteiger partial charge in [-0.3, -0.25) is 0 Å². The molecular weight excluding hydrogens is 270 g/mol. The molecule has 0 atom stereocenters. The molecule has 20 heavy (non-hydrogen) atoms. The van der Waals surface area contributed by atoms with Crippen LogP contribution in [0.2, 0.25) is 0 Å². The van der Waals surface area contributed by atoms with Gasteiger partial charge in [-0.25, -0.2) is 4.79 Å². The van der Waals surface area contributed by atoms with Crippen molar-refractivity contribution in [2.24, 2.45) is 0 Å². The van der Waals surface area contributed by atoms with Gasteiger partial charge in [0.15, 0.2) is 0 Å². The van der Waals surface area contributed by atoms with Gasteiger partial charge in [0.05, 0.1) is 11.4 Å². The summed E-state index contributed by atoms with van der Waals surface area (Å²) in [5.41, 5.74) is 2.59. The molecule has 3 rings (SSSR count). The average Bonchev–Trinajstić information content (AvgIpc) is 2.45. The first-order chi connectivity index (χ1) is 9.58. The van der Waals surface area contributed by atoms with E-state index in [0.717, 1.165) is 0 Å². The summed E-state index contributed by atoms with van der Waals surface area (Å²) in [5, 5.41) is 11.3. The van der Waals surface area contributed by atoms with Crippen molar-refractivity contribution in [2.45, 2.75) is 16.7 Å². The van der Waals surface area contributed by atoms with Crippen LogP contribution >= 0.6 is 11.8 Å². The fourth-order valence-electron chi connectivity index (χ4n) is 1.58. The van der Waals surface area contributed by atoms with E-state index in [4.69, 9.17) is 5.11 Å². The van der Waals surface area contributed by atoms with Gasteiger partial charge in [0.1, 0.15) is 0 Å². The van der Waals surface area contributed by atoms with Crippen LogP contribution in [0.5, 0.6) is 0 Å². The number of benzene rings is 2. The highest BCUT2D eigenvalue weighted by atomic mass is 32.2. The highest BCUT2D eigenvalue weighted by Crippen LogP contribution is 2.43. The number of hydrogen-bond donors (Lipinski definition) is 2. The van der Waals surface area contributed by atoms with Crippen LogP contribution in [0.1, 0.15) is 6.92 Å². The fraction of sp³-hybridized carbons (Fsp3) is 0.0625. The lowest BCUT2D eigenvalue weighted by molar-refractivity contribution is -0.132. The Labute approximate surface area is 122 Å². The van der Waals surface area contributed by atoms with E-state index in [1.807, 2.05) is 11.8 Å². The normalized spacial score (nSPS) is 11.1.